The molecule has 0 radical (unpaired) electrons. The van der Waals surface area contributed by atoms with Gasteiger partial charge in [0.25, 0.3) is 0 Å². The van der Waals surface area contributed by atoms with Gasteiger partial charge in [-0.25, -0.2) is 0 Å². The smallest absolute Gasteiger partial charge is 0.308 e. The molecule has 0 amide bonds. The first-order chi connectivity index (χ1) is 7.63. The second-order valence-electron chi connectivity index (χ2n) is 1.45. The molecule has 0 aromatic heterocycles. The molecule has 1 heterocycles. The third kappa shape index (κ3) is 1.68. The van der Waals surface area contributed by atoms with E-state index in [-0.39, 0.29) is 0 Å². The lowest BCUT2D eigenvalue weighted by Gasteiger charge is -2.26. The van der Waals surface area contributed by atoms with Gasteiger partial charge in [0.05, 0.1) is 21.3 Å². The first-order valence-electron chi connectivity index (χ1n) is 6.59. The van der Waals surface area contributed by atoms with E-state index < -0.39 is 37.7 Å². The van der Waals surface area contributed by atoms with Crippen LogP contribution in [0, 0.1) is 0 Å². The molecule has 0 bridgehead atoms. The van der Waals surface area contributed by atoms with E-state index >= 15 is 0 Å². The van der Waals surface area contributed by atoms with E-state index in [1.165, 1.54) is 0 Å². The summed E-state index contributed by atoms with van der Waals surface area (Å²) in [7, 11) is 0. The van der Waals surface area contributed by atoms with Gasteiger partial charge in [0.1, 0.15) is 0 Å². The van der Waals surface area contributed by atoms with Crippen molar-refractivity contribution in [3.8, 4) is 0 Å². The standard InChI is InChI=1S/C6H10O3/c1-6(8)2-3-9-5(7)4-6/h8H,2-4H2,1H3/t6-/m0/s1/i1D3,2D2,3D2,4D2. The first kappa shape index (κ1) is 1.53. The maximum Gasteiger partial charge on any atom is 0.308 e. The van der Waals surface area contributed by atoms with Crippen LogP contribution in [-0.4, -0.2) is 23.2 Å². The molecular weight excluding hydrogens is 120 g/mol. The number of hydrogen-bond donors (Lipinski definition) is 1. The summed E-state index contributed by atoms with van der Waals surface area (Å²) in [6.07, 6.45) is -7.28. The zero-order chi connectivity index (χ0) is 14.8. The van der Waals surface area contributed by atoms with Crippen LogP contribution in [0.3, 0.4) is 0 Å². The van der Waals surface area contributed by atoms with Crippen molar-refractivity contribution in [2.75, 3.05) is 6.56 Å². The van der Waals surface area contributed by atoms with Crippen molar-refractivity contribution in [2.45, 2.75) is 25.2 Å². The van der Waals surface area contributed by atoms with Gasteiger partial charge in [-0.3, -0.25) is 4.79 Å². The lowest BCUT2D eigenvalue weighted by atomic mass is 9.97. The van der Waals surface area contributed by atoms with Crippen LogP contribution in [0.15, 0.2) is 0 Å². The third-order valence-electron chi connectivity index (χ3n) is 0.659. The number of carbonyl (C=O) groups is 1. The van der Waals surface area contributed by atoms with Crippen LogP contribution in [0.25, 0.3) is 0 Å². The van der Waals surface area contributed by atoms with E-state index in [1.807, 2.05) is 0 Å². The number of esters is 1. The Hall–Kier alpha value is -0.570. The SMILES string of the molecule is [2H]C1([2H])OC(=O)C([2H])([2H])[C@](O)(C([2H])([2H])[2H])C1([2H])[2H]. The van der Waals surface area contributed by atoms with Gasteiger partial charge >= 0.3 is 5.97 Å². The molecule has 1 saturated heterocycles. The molecule has 1 rings (SSSR count). The molecule has 9 heavy (non-hydrogen) atoms. The highest BCUT2D eigenvalue weighted by molar-refractivity contribution is 5.71. The molecule has 0 spiro atoms. The third-order valence-corrected chi connectivity index (χ3v) is 0.659. The summed E-state index contributed by atoms with van der Waals surface area (Å²) in [6.45, 7) is -7.15. The van der Waals surface area contributed by atoms with E-state index in [1.54, 1.807) is 0 Å². The normalized spacial score (nSPS) is 69.0. The largest absolute Gasteiger partial charge is 0.465 e. The maximum atomic E-state index is 11.3. The highest BCUT2D eigenvalue weighted by atomic mass is 16.5. The van der Waals surface area contributed by atoms with E-state index in [0.29, 0.717) is 0 Å². The molecule has 3 heteroatoms. The minimum atomic E-state index is -3.87. The van der Waals surface area contributed by atoms with Gasteiger partial charge < -0.3 is 9.84 Å². The van der Waals surface area contributed by atoms with Crippen molar-refractivity contribution in [3.63, 3.8) is 0 Å². The summed E-state index contributed by atoms with van der Waals surface area (Å²) in [5, 5.41) is 9.92. The fourth-order valence-corrected chi connectivity index (χ4v) is 0.350. The van der Waals surface area contributed by atoms with Crippen molar-refractivity contribution in [1.29, 1.82) is 0 Å². The van der Waals surface area contributed by atoms with Gasteiger partial charge in [0.2, 0.25) is 0 Å². The summed E-state index contributed by atoms with van der Waals surface area (Å²) in [6, 6.07) is 0. The predicted molar refractivity (Wildman–Crippen MR) is 30.8 cm³/mol. The number of ether oxygens (including phenoxy) is 1. The minimum absolute atomic E-state index is 1.97. The van der Waals surface area contributed by atoms with Crippen LogP contribution in [0.4, 0.5) is 0 Å². The van der Waals surface area contributed by atoms with Gasteiger partial charge in [-0.2, -0.15) is 0 Å². The molecule has 1 aliphatic heterocycles. The molecule has 1 atom stereocenters. The summed E-state index contributed by atoms with van der Waals surface area (Å²) in [5.74, 6) is -1.97. The lowest BCUT2D eigenvalue weighted by molar-refractivity contribution is -0.157. The molecule has 0 aliphatic carbocycles. The van der Waals surface area contributed by atoms with Crippen LogP contribution in [-0.2, 0) is 9.53 Å². The van der Waals surface area contributed by atoms with E-state index in [4.69, 9.17) is 12.3 Å². The number of aliphatic hydroxyl groups is 1. The topological polar surface area (TPSA) is 46.5 Å². The average molecular weight is 139 g/mol. The predicted octanol–water partition coefficient (Wildman–Crippen LogP) is 0.0744. The summed E-state index contributed by atoms with van der Waals surface area (Å²) < 4.78 is 68.5. The average Bonchev–Trinajstić information content (AvgIpc) is 2.11. The van der Waals surface area contributed by atoms with Gasteiger partial charge in [0, 0.05) is 16.0 Å². The van der Waals surface area contributed by atoms with E-state index in [2.05, 4.69) is 4.74 Å². The molecule has 1 N–H and O–H groups in total. The van der Waals surface area contributed by atoms with Crippen molar-refractivity contribution in [1.82, 2.24) is 0 Å². The molecule has 0 aromatic rings. The second-order valence-corrected chi connectivity index (χ2v) is 1.45. The molecule has 52 valence electrons. The van der Waals surface area contributed by atoms with Crippen molar-refractivity contribution in [3.05, 3.63) is 0 Å². The Balaban J connectivity index is 3.63. The van der Waals surface area contributed by atoms with Crippen molar-refractivity contribution < 1.29 is 27.0 Å². The fraction of sp³-hybridized carbons (Fsp3) is 0.833. The van der Waals surface area contributed by atoms with Gasteiger partial charge in [-0.1, -0.05) is 0 Å². The second kappa shape index (κ2) is 1.99. The number of carbonyl (C=O) groups excluding carboxylic acids is 1. The van der Waals surface area contributed by atoms with Crippen molar-refractivity contribution >= 4 is 5.97 Å². The number of cyclic esters (lactones) is 1. The number of hydrogen-bond acceptors (Lipinski definition) is 3. The Morgan fingerprint density at radius 2 is 2.89 bits per heavy atom. The van der Waals surface area contributed by atoms with E-state index in [9.17, 15) is 9.90 Å². The Morgan fingerprint density at radius 1 is 2.11 bits per heavy atom. The summed E-state index contributed by atoms with van der Waals surface area (Å²) in [5.41, 5.74) is -3.87. The molecule has 1 fully saturated rings. The van der Waals surface area contributed by atoms with Gasteiger partial charge in [0.15, 0.2) is 0 Å². The van der Waals surface area contributed by atoms with Crippen molar-refractivity contribution in [2.24, 2.45) is 0 Å². The van der Waals surface area contributed by atoms with Gasteiger partial charge in [-0.15, -0.1) is 0 Å². The first-order valence-corrected chi connectivity index (χ1v) is 2.09. The van der Waals surface area contributed by atoms with Crippen LogP contribution < -0.4 is 0 Å². The van der Waals surface area contributed by atoms with Crippen LogP contribution in [0.5, 0.6) is 0 Å². The monoisotopic (exact) mass is 139 g/mol. The Kier molecular flexibility index (Phi) is 0.338. The molecular formula is C6H10O3. The van der Waals surface area contributed by atoms with Gasteiger partial charge in [-0.05, 0) is 6.85 Å². The maximum absolute atomic E-state index is 11.3. The lowest BCUT2D eigenvalue weighted by Crippen LogP contribution is -2.35. The van der Waals surface area contributed by atoms with E-state index in [0.717, 1.165) is 0 Å². The quantitative estimate of drug-likeness (QED) is 0.483. The highest BCUT2D eigenvalue weighted by Crippen LogP contribution is 2.19. The Morgan fingerprint density at radius 3 is 3.56 bits per heavy atom. The zero-order valence-electron chi connectivity index (χ0n) is 13.3. The number of rotatable bonds is 0. The molecule has 0 saturated carbocycles. The van der Waals surface area contributed by atoms with Crippen LogP contribution in [0.1, 0.15) is 31.9 Å². The molecule has 0 aromatic carbocycles. The fourth-order valence-electron chi connectivity index (χ4n) is 0.350. The zero-order valence-corrected chi connectivity index (χ0v) is 4.26. The molecule has 0 unspecified atom stereocenters. The highest BCUT2D eigenvalue weighted by Gasteiger charge is 2.29. The Labute approximate surface area is 66.3 Å². The Bertz CT molecular complexity index is 386. The van der Waals surface area contributed by atoms with Crippen LogP contribution in [0.2, 0.25) is 0 Å². The molecule has 3 nitrogen and oxygen atoms in total. The molecule has 1 aliphatic rings. The summed E-state index contributed by atoms with van der Waals surface area (Å²) >= 11 is 0. The van der Waals surface area contributed by atoms with Crippen LogP contribution >= 0.6 is 0 Å². The minimum Gasteiger partial charge on any atom is -0.465 e. The summed E-state index contributed by atoms with van der Waals surface area (Å²) in [4.78, 5) is 11.3.